The molecule has 0 bridgehead atoms. The lowest BCUT2D eigenvalue weighted by atomic mass is 9.89. The number of esters is 1. The maximum Gasteiger partial charge on any atom is 0.337 e. The van der Waals surface area contributed by atoms with E-state index in [-0.39, 0.29) is 11.9 Å². The van der Waals surface area contributed by atoms with E-state index in [2.05, 4.69) is 0 Å². The number of methoxy groups -OCH3 is 2. The molecule has 1 aromatic carbocycles. The zero-order valence-electron chi connectivity index (χ0n) is 14.9. The number of hydrogen-bond donors (Lipinski definition) is 0. The number of ether oxygens (including phenoxy) is 4. The number of hydrogen-bond acceptors (Lipinski definition) is 6. The fourth-order valence-electron chi connectivity index (χ4n) is 3.55. The monoisotopic (exact) mass is 348 g/mol. The van der Waals surface area contributed by atoms with Gasteiger partial charge in [-0.2, -0.15) is 0 Å². The molecule has 0 aromatic heterocycles. The molecule has 3 unspecified atom stereocenters. The van der Waals surface area contributed by atoms with Crippen LogP contribution >= 0.6 is 0 Å². The quantitative estimate of drug-likeness (QED) is 0.762. The second-order valence-corrected chi connectivity index (χ2v) is 6.95. The first-order chi connectivity index (χ1) is 11.9. The Labute approximate surface area is 147 Å². The predicted molar refractivity (Wildman–Crippen MR) is 89.3 cm³/mol. The molecule has 0 amide bonds. The van der Waals surface area contributed by atoms with Crippen molar-refractivity contribution in [2.24, 2.45) is 0 Å². The number of Topliss-reactive ketones (excluding diaryl/α,β-unsaturated/α-hetero) is 1. The third-order valence-corrected chi connectivity index (χ3v) is 4.74. The van der Waals surface area contributed by atoms with Gasteiger partial charge in [0.2, 0.25) is 0 Å². The Hall–Kier alpha value is -1.76. The minimum absolute atomic E-state index is 0.156. The molecule has 6 heteroatoms. The normalized spacial score (nSPS) is 28.7. The van der Waals surface area contributed by atoms with E-state index in [0.29, 0.717) is 37.9 Å². The summed E-state index contributed by atoms with van der Waals surface area (Å²) in [6, 6.07) is 5.42. The lowest BCUT2D eigenvalue weighted by Crippen LogP contribution is -2.43. The Balaban J connectivity index is 1.91. The molecular weight excluding hydrogens is 324 g/mol. The highest BCUT2D eigenvalue weighted by Gasteiger charge is 2.39. The molecule has 0 spiro atoms. The third kappa shape index (κ3) is 3.92. The number of benzene rings is 1. The predicted octanol–water partition coefficient (Wildman–Crippen LogP) is 2.59. The smallest absolute Gasteiger partial charge is 0.337 e. The zero-order valence-corrected chi connectivity index (χ0v) is 14.9. The first-order valence-corrected chi connectivity index (χ1v) is 8.49. The van der Waals surface area contributed by atoms with Crippen molar-refractivity contribution in [3.05, 3.63) is 34.9 Å². The molecule has 1 aliphatic heterocycles. The molecule has 0 saturated heterocycles. The second-order valence-electron chi connectivity index (χ2n) is 6.95. The summed E-state index contributed by atoms with van der Waals surface area (Å²) in [6.45, 7) is 2.40. The van der Waals surface area contributed by atoms with Gasteiger partial charge in [-0.05, 0) is 31.0 Å². The molecule has 1 fully saturated rings. The van der Waals surface area contributed by atoms with Crippen molar-refractivity contribution in [2.75, 3.05) is 20.8 Å². The number of rotatable bonds is 5. The molecular formula is C19H24O6. The standard InChI is InChI=1S/C19H24O6/c1-19(11-22-2)10-13-5-4-12(17(21)23-3)8-16(13)18(25-19)24-15-7-6-14(20)9-15/h4-5,8,15,18H,6-7,9-11H2,1-3H3. The van der Waals surface area contributed by atoms with Crippen LogP contribution in [-0.4, -0.2) is 44.3 Å². The van der Waals surface area contributed by atoms with Crippen molar-refractivity contribution in [2.45, 2.75) is 50.6 Å². The molecule has 6 nitrogen and oxygen atoms in total. The Morgan fingerprint density at radius 3 is 2.80 bits per heavy atom. The van der Waals surface area contributed by atoms with Crippen LogP contribution < -0.4 is 0 Å². The summed E-state index contributed by atoms with van der Waals surface area (Å²) < 4.78 is 22.4. The van der Waals surface area contributed by atoms with Crippen LogP contribution in [0.15, 0.2) is 18.2 Å². The Kier molecular flexibility index (Phi) is 5.22. The molecule has 2 aliphatic rings. The molecule has 3 atom stereocenters. The highest BCUT2D eigenvalue weighted by Crippen LogP contribution is 2.39. The van der Waals surface area contributed by atoms with E-state index in [1.165, 1.54) is 7.11 Å². The summed E-state index contributed by atoms with van der Waals surface area (Å²) in [5.74, 6) is -0.188. The fourth-order valence-corrected chi connectivity index (χ4v) is 3.55. The number of ketones is 1. The van der Waals surface area contributed by atoms with E-state index in [1.807, 2.05) is 13.0 Å². The maximum atomic E-state index is 11.9. The molecule has 1 saturated carbocycles. The minimum Gasteiger partial charge on any atom is -0.465 e. The number of carbonyl (C=O) groups is 2. The van der Waals surface area contributed by atoms with Crippen molar-refractivity contribution in [1.82, 2.24) is 0 Å². The second kappa shape index (κ2) is 7.23. The molecule has 3 rings (SSSR count). The van der Waals surface area contributed by atoms with Gasteiger partial charge < -0.3 is 18.9 Å². The Morgan fingerprint density at radius 2 is 2.16 bits per heavy atom. The highest BCUT2D eigenvalue weighted by molar-refractivity contribution is 5.89. The van der Waals surface area contributed by atoms with Crippen molar-refractivity contribution in [3.63, 3.8) is 0 Å². The third-order valence-electron chi connectivity index (χ3n) is 4.74. The average Bonchev–Trinajstić information content (AvgIpc) is 2.98. The van der Waals surface area contributed by atoms with Crippen LogP contribution in [0.2, 0.25) is 0 Å². The summed E-state index contributed by atoms with van der Waals surface area (Å²) >= 11 is 0. The van der Waals surface area contributed by atoms with Crippen LogP contribution in [0, 0.1) is 0 Å². The van der Waals surface area contributed by atoms with Gasteiger partial charge >= 0.3 is 5.97 Å². The number of carbonyl (C=O) groups excluding carboxylic acids is 2. The minimum atomic E-state index is -0.635. The van der Waals surface area contributed by atoms with Crippen molar-refractivity contribution >= 4 is 11.8 Å². The Bertz CT molecular complexity index is 670. The first-order valence-electron chi connectivity index (χ1n) is 8.49. The topological polar surface area (TPSA) is 71.1 Å². The lowest BCUT2D eigenvalue weighted by Gasteiger charge is -2.40. The average molecular weight is 348 g/mol. The lowest BCUT2D eigenvalue weighted by molar-refractivity contribution is -0.246. The van der Waals surface area contributed by atoms with Gasteiger partial charge in [-0.15, -0.1) is 0 Å². The van der Waals surface area contributed by atoms with Gasteiger partial charge in [-0.3, -0.25) is 4.79 Å². The SMILES string of the molecule is COCC1(C)Cc2ccc(C(=O)OC)cc2C(OC2CCC(=O)C2)O1. The van der Waals surface area contributed by atoms with Gasteiger partial charge in [0.25, 0.3) is 0 Å². The van der Waals surface area contributed by atoms with Crippen LogP contribution in [0.3, 0.4) is 0 Å². The summed E-state index contributed by atoms with van der Waals surface area (Å²) in [5.41, 5.74) is 1.79. The van der Waals surface area contributed by atoms with E-state index >= 15 is 0 Å². The van der Waals surface area contributed by atoms with Gasteiger partial charge in [-0.25, -0.2) is 4.79 Å². The highest BCUT2D eigenvalue weighted by atomic mass is 16.7. The van der Waals surface area contributed by atoms with E-state index in [1.54, 1.807) is 19.2 Å². The van der Waals surface area contributed by atoms with E-state index < -0.39 is 17.9 Å². The van der Waals surface area contributed by atoms with Crippen molar-refractivity contribution in [1.29, 1.82) is 0 Å². The van der Waals surface area contributed by atoms with Gasteiger partial charge in [-0.1, -0.05) is 6.07 Å². The number of fused-ring (bicyclic) bond motifs is 1. The summed E-state index contributed by atoms with van der Waals surface area (Å²) in [4.78, 5) is 23.4. The summed E-state index contributed by atoms with van der Waals surface area (Å²) in [6.07, 6.45) is 1.52. The summed E-state index contributed by atoms with van der Waals surface area (Å²) in [7, 11) is 2.99. The molecule has 25 heavy (non-hydrogen) atoms. The molecule has 0 N–H and O–H groups in total. The van der Waals surface area contributed by atoms with E-state index in [4.69, 9.17) is 18.9 Å². The van der Waals surface area contributed by atoms with E-state index in [0.717, 1.165) is 11.1 Å². The van der Waals surface area contributed by atoms with Crippen LogP contribution in [0.25, 0.3) is 0 Å². The maximum absolute atomic E-state index is 11.9. The van der Waals surface area contributed by atoms with Crippen molar-refractivity contribution in [3.8, 4) is 0 Å². The van der Waals surface area contributed by atoms with Crippen LogP contribution in [-0.2, 0) is 30.2 Å². The van der Waals surface area contributed by atoms with Crippen LogP contribution in [0.4, 0.5) is 0 Å². The van der Waals surface area contributed by atoms with Gasteiger partial charge in [0, 0.05) is 31.9 Å². The molecule has 0 radical (unpaired) electrons. The molecule has 1 aromatic rings. The molecule has 1 aliphatic carbocycles. The summed E-state index contributed by atoms with van der Waals surface area (Å²) in [5, 5.41) is 0. The Morgan fingerprint density at radius 1 is 1.36 bits per heavy atom. The van der Waals surface area contributed by atoms with Crippen LogP contribution in [0.5, 0.6) is 0 Å². The van der Waals surface area contributed by atoms with Gasteiger partial charge in [0.05, 0.1) is 31.0 Å². The van der Waals surface area contributed by atoms with Gasteiger partial charge in [0.15, 0.2) is 6.29 Å². The van der Waals surface area contributed by atoms with Gasteiger partial charge in [0.1, 0.15) is 5.78 Å². The fraction of sp³-hybridized carbons (Fsp3) is 0.579. The first kappa shape index (κ1) is 18.0. The molecule has 136 valence electrons. The van der Waals surface area contributed by atoms with Crippen LogP contribution in [0.1, 0.15) is 54.0 Å². The largest absolute Gasteiger partial charge is 0.465 e. The molecule has 1 heterocycles. The van der Waals surface area contributed by atoms with E-state index in [9.17, 15) is 9.59 Å². The zero-order chi connectivity index (χ0) is 18.0. The van der Waals surface area contributed by atoms with Crippen molar-refractivity contribution < 1.29 is 28.5 Å².